The molecule has 1 aliphatic rings. The largest absolute Gasteiger partial charge is 0.497 e. The fraction of sp³-hybridized carbons (Fsp3) is 0.409. The van der Waals surface area contributed by atoms with Gasteiger partial charge in [-0.3, -0.25) is 4.90 Å². The summed E-state index contributed by atoms with van der Waals surface area (Å²) in [6, 6.07) is 14.4. The SMILES string of the molecule is CCN1CCN([C@H](c2ccccc2F)c2nnnn2Cc2ccc(OC)cc2)CC1. The van der Waals surface area contributed by atoms with E-state index in [1.807, 2.05) is 36.4 Å². The maximum Gasteiger partial charge on any atom is 0.173 e. The summed E-state index contributed by atoms with van der Waals surface area (Å²) in [5, 5.41) is 12.5. The van der Waals surface area contributed by atoms with Crippen molar-refractivity contribution in [1.82, 2.24) is 30.0 Å². The highest BCUT2D eigenvalue weighted by atomic mass is 19.1. The summed E-state index contributed by atoms with van der Waals surface area (Å²) < 4.78 is 21.8. The second-order valence-corrected chi connectivity index (χ2v) is 7.44. The number of methoxy groups -OCH3 is 1. The number of piperazine rings is 1. The van der Waals surface area contributed by atoms with Gasteiger partial charge in [0.25, 0.3) is 0 Å². The summed E-state index contributed by atoms with van der Waals surface area (Å²) in [7, 11) is 1.64. The van der Waals surface area contributed by atoms with Gasteiger partial charge in [0.2, 0.25) is 0 Å². The highest BCUT2D eigenvalue weighted by molar-refractivity contribution is 5.29. The van der Waals surface area contributed by atoms with Crippen LogP contribution in [0.1, 0.15) is 29.9 Å². The molecule has 2 aromatic carbocycles. The minimum Gasteiger partial charge on any atom is -0.497 e. The number of tetrazole rings is 1. The van der Waals surface area contributed by atoms with Gasteiger partial charge >= 0.3 is 0 Å². The quantitative estimate of drug-likeness (QED) is 0.597. The lowest BCUT2D eigenvalue weighted by Crippen LogP contribution is -2.48. The number of rotatable bonds is 7. The Morgan fingerprint density at radius 1 is 1.03 bits per heavy atom. The molecule has 1 aliphatic heterocycles. The van der Waals surface area contributed by atoms with E-state index in [4.69, 9.17) is 4.74 Å². The Bertz CT molecular complexity index is 952. The van der Waals surface area contributed by atoms with Gasteiger partial charge in [0.1, 0.15) is 17.6 Å². The molecule has 0 spiro atoms. The highest BCUT2D eigenvalue weighted by Crippen LogP contribution is 2.30. The van der Waals surface area contributed by atoms with Gasteiger partial charge in [-0.2, -0.15) is 0 Å². The third kappa shape index (κ3) is 4.34. The van der Waals surface area contributed by atoms with Crippen molar-refractivity contribution in [2.45, 2.75) is 19.5 Å². The van der Waals surface area contributed by atoms with E-state index < -0.39 is 0 Å². The maximum atomic E-state index is 14.8. The Balaban J connectivity index is 1.66. The molecule has 0 aliphatic carbocycles. The van der Waals surface area contributed by atoms with Crippen LogP contribution in [0.15, 0.2) is 48.5 Å². The Hall–Kier alpha value is -2.84. The van der Waals surface area contributed by atoms with Crippen LogP contribution < -0.4 is 4.74 Å². The summed E-state index contributed by atoms with van der Waals surface area (Å²) in [6.45, 7) is 7.26. The second kappa shape index (κ2) is 9.32. The van der Waals surface area contributed by atoms with Crippen LogP contribution >= 0.6 is 0 Å². The number of ether oxygens (including phenoxy) is 1. The molecule has 158 valence electrons. The molecule has 0 bridgehead atoms. The van der Waals surface area contributed by atoms with E-state index in [9.17, 15) is 4.39 Å². The Morgan fingerprint density at radius 3 is 2.43 bits per heavy atom. The molecule has 0 radical (unpaired) electrons. The fourth-order valence-corrected chi connectivity index (χ4v) is 3.96. The van der Waals surface area contributed by atoms with Crippen LogP contribution in [0.3, 0.4) is 0 Å². The van der Waals surface area contributed by atoms with Crippen LogP contribution in [0.4, 0.5) is 4.39 Å². The van der Waals surface area contributed by atoms with E-state index in [0.717, 1.165) is 44.0 Å². The van der Waals surface area contributed by atoms with Crippen molar-refractivity contribution in [1.29, 1.82) is 0 Å². The summed E-state index contributed by atoms with van der Waals surface area (Å²) >= 11 is 0. The minimum absolute atomic E-state index is 0.237. The zero-order valence-corrected chi connectivity index (χ0v) is 17.4. The highest BCUT2D eigenvalue weighted by Gasteiger charge is 2.32. The van der Waals surface area contributed by atoms with Crippen LogP contribution in [-0.2, 0) is 6.54 Å². The van der Waals surface area contributed by atoms with Crippen LogP contribution in [0.5, 0.6) is 5.75 Å². The molecule has 30 heavy (non-hydrogen) atoms. The van der Waals surface area contributed by atoms with Crippen molar-refractivity contribution in [3.8, 4) is 5.75 Å². The number of aromatic nitrogens is 4. The molecule has 0 N–H and O–H groups in total. The molecule has 1 aromatic heterocycles. The van der Waals surface area contributed by atoms with Gasteiger partial charge in [0.15, 0.2) is 5.82 Å². The van der Waals surface area contributed by atoms with E-state index in [0.29, 0.717) is 17.9 Å². The Kier molecular flexibility index (Phi) is 6.35. The monoisotopic (exact) mass is 410 g/mol. The summed E-state index contributed by atoms with van der Waals surface area (Å²) in [6.07, 6.45) is 0. The fourth-order valence-electron chi connectivity index (χ4n) is 3.96. The predicted octanol–water partition coefficient (Wildman–Crippen LogP) is 2.60. The van der Waals surface area contributed by atoms with Crippen molar-refractivity contribution in [2.24, 2.45) is 0 Å². The Labute approximate surface area is 176 Å². The normalized spacial score (nSPS) is 16.5. The maximum absolute atomic E-state index is 14.8. The average molecular weight is 410 g/mol. The Morgan fingerprint density at radius 2 is 1.77 bits per heavy atom. The van der Waals surface area contributed by atoms with Crippen molar-refractivity contribution in [3.05, 3.63) is 71.3 Å². The average Bonchev–Trinajstić information content (AvgIpc) is 3.24. The first-order chi connectivity index (χ1) is 14.7. The van der Waals surface area contributed by atoms with Crippen LogP contribution in [-0.4, -0.2) is 69.8 Å². The van der Waals surface area contributed by atoms with E-state index >= 15 is 0 Å². The number of benzene rings is 2. The van der Waals surface area contributed by atoms with Crippen molar-refractivity contribution < 1.29 is 9.13 Å². The van der Waals surface area contributed by atoms with Gasteiger partial charge in [-0.05, 0) is 40.7 Å². The van der Waals surface area contributed by atoms with Gasteiger partial charge in [-0.25, -0.2) is 9.07 Å². The molecular weight excluding hydrogens is 383 g/mol. The standard InChI is InChI=1S/C22H27FN6O/c1-3-27-12-14-28(15-13-27)21(19-6-4-5-7-20(19)23)22-24-25-26-29(22)16-17-8-10-18(30-2)11-9-17/h4-11,21H,3,12-16H2,1-2H3/t21-/m1/s1. The number of hydrogen-bond acceptors (Lipinski definition) is 6. The molecule has 1 fully saturated rings. The lowest BCUT2D eigenvalue weighted by atomic mass is 10.0. The molecular formula is C22H27FN6O. The molecule has 8 heteroatoms. The van der Waals surface area contributed by atoms with Gasteiger partial charge in [-0.1, -0.05) is 37.3 Å². The van der Waals surface area contributed by atoms with E-state index in [1.165, 1.54) is 6.07 Å². The molecule has 3 aromatic rings. The summed E-state index contributed by atoms with van der Waals surface area (Å²) in [5.41, 5.74) is 1.65. The molecule has 0 amide bonds. The van der Waals surface area contributed by atoms with Crippen molar-refractivity contribution in [2.75, 3.05) is 39.8 Å². The van der Waals surface area contributed by atoms with E-state index in [-0.39, 0.29) is 11.9 Å². The minimum atomic E-state index is -0.335. The molecule has 1 saturated heterocycles. The summed E-state index contributed by atoms with van der Waals surface area (Å²) in [5.74, 6) is 1.22. The van der Waals surface area contributed by atoms with Gasteiger partial charge < -0.3 is 9.64 Å². The van der Waals surface area contributed by atoms with Crippen molar-refractivity contribution in [3.63, 3.8) is 0 Å². The molecule has 2 heterocycles. The molecule has 4 rings (SSSR count). The number of likely N-dealkylation sites (N-methyl/N-ethyl adjacent to an activating group) is 1. The lowest BCUT2D eigenvalue weighted by molar-refractivity contribution is 0.107. The van der Waals surface area contributed by atoms with E-state index in [2.05, 4.69) is 32.2 Å². The van der Waals surface area contributed by atoms with E-state index in [1.54, 1.807) is 17.9 Å². The number of nitrogens with zero attached hydrogens (tertiary/aromatic N) is 6. The number of halogens is 1. The number of hydrogen-bond donors (Lipinski definition) is 0. The van der Waals surface area contributed by atoms with Crippen LogP contribution in [0.25, 0.3) is 0 Å². The van der Waals surface area contributed by atoms with Crippen molar-refractivity contribution >= 4 is 0 Å². The zero-order valence-electron chi connectivity index (χ0n) is 17.4. The molecule has 1 atom stereocenters. The first-order valence-electron chi connectivity index (χ1n) is 10.3. The van der Waals surface area contributed by atoms with Gasteiger partial charge in [-0.15, -0.1) is 5.10 Å². The zero-order chi connectivity index (χ0) is 20.9. The third-order valence-electron chi connectivity index (χ3n) is 5.71. The first-order valence-corrected chi connectivity index (χ1v) is 10.3. The second-order valence-electron chi connectivity index (χ2n) is 7.44. The van der Waals surface area contributed by atoms with Gasteiger partial charge in [0, 0.05) is 31.7 Å². The topological polar surface area (TPSA) is 59.3 Å². The summed E-state index contributed by atoms with van der Waals surface area (Å²) in [4.78, 5) is 4.68. The molecule has 0 saturated carbocycles. The third-order valence-corrected chi connectivity index (χ3v) is 5.71. The molecule has 0 unspecified atom stereocenters. The first kappa shape index (κ1) is 20.4. The van der Waals surface area contributed by atoms with Crippen LogP contribution in [0.2, 0.25) is 0 Å². The lowest BCUT2D eigenvalue weighted by Gasteiger charge is -2.38. The smallest absolute Gasteiger partial charge is 0.173 e. The molecule has 7 nitrogen and oxygen atoms in total. The predicted molar refractivity (Wildman–Crippen MR) is 112 cm³/mol. The van der Waals surface area contributed by atoms with Crippen LogP contribution in [0, 0.1) is 5.82 Å². The van der Waals surface area contributed by atoms with Gasteiger partial charge in [0.05, 0.1) is 13.7 Å².